The number of hydrogen-bond acceptors (Lipinski definition) is 6. The van der Waals surface area contributed by atoms with Crippen LogP contribution in [0.3, 0.4) is 0 Å². The van der Waals surface area contributed by atoms with Gasteiger partial charge in [0, 0.05) is 10.0 Å². The smallest absolute Gasteiger partial charge is 0.237 e. The minimum Gasteiger partial charge on any atom is -0.346 e. The molecule has 0 saturated carbocycles. The zero-order valence-corrected chi connectivity index (χ0v) is 11.3. The summed E-state index contributed by atoms with van der Waals surface area (Å²) in [6.07, 6.45) is -0.395. The van der Waals surface area contributed by atoms with Gasteiger partial charge in [-0.2, -0.15) is 15.6 Å². The van der Waals surface area contributed by atoms with Crippen molar-refractivity contribution in [3.05, 3.63) is 28.2 Å². The summed E-state index contributed by atoms with van der Waals surface area (Å²) in [4.78, 5) is 0. The number of hydrazone groups is 1. The number of benzene rings is 1. The molecule has 0 aliphatic carbocycles. The number of hydrogen-bond donors (Lipinski definition) is 1. The molecule has 0 atom stereocenters. The van der Waals surface area contributed by atoms with Crippen LogP contribution < -0.4 is 5.43 Å². The van der Waals surface area contributed by atoms with E-state index in [0.29, 0.717) is 18.9 Å². The SMILES string of the molecule is N#CC(C#N)=NNc1cc(Br)cc(C2OCCO2)c1. The molecule has 0 aromatic heterocycles. The molecule has 0 spiro atoms. The molecule has 1 aromatic carbocycles. The Balaban J connectivity index is 2.20. The number of anilines is 1. The molecule has 6 nitrogen and oxygen atoms in total. The van der Waals surface area contributed by atoms with Crippen LogP contribution in [0.25, 0.3) is 0 Å². The molecule has 0 radical (unpaired) electrons. The van der Waals surface area contributed by atoms with E-state index in [-0.39, 0.29) is 5.71 Å². The predicted octanol–water partition coefficient (Wildman–Crippen LogP) is 2.31. The molecule has 1 aromatic rings. The first kappa shape index (κ1) is 13.5. The normalized spacial score (nSPS) is 14.5. The van der Waals surface area contributed by atoms with E-state index < -0.39 is 6.29 Å². The maximum absolute atomic E-state index is 8.59. The van der Waals surface area contributed by atoms with Crippen LogP contribution >= 0.6 is 15.9 Å². The van der Waals surface area contributed by atoms with Gasteiger partial charge in [0.05, 0.1) is 18.9 Å². The molecule has 1 aliphatic rings. The fourth-order valence-electron chi connectivity index (χ4n) is 1.56. The van der Waals surface area contributed by atoms with Crippen molar-refractivity contribution in [3.63, 3.8) is 0 Å². The van der Waals surface area contributed by atoms with Crippen LogP contribution in [0, 0.1) is 22.7 Å². The van der Waals surface area contributed by atoms with Crippen LogP contribution in [-0.4, -0.2) is 18.9 Å². The number of nitriles is 2. The Morgan fingerprint density at radius 2 is 1.95 bits per heavy atom. The molecule has 1 saturated heterocycles. The van der Waals surface area contributed by atoms with E-state index in [1.807, 2.05) is 6.07 Å². The third-order valence-electron chi connectivity index (χ3n) is 2.32. The van der Waals surface area contributed by atoms with Crippen LogP contribution in [-0.2, 0) is 9.47 Å². The lowest BCUT2D eigenvalue weighted by Gasteiger charge is -2.11. The first-order chi connectivity index (χ1) is 9.22. The second kappa shape index (κ2) is 6.30. The van der Waals surface area contributed by atoms with Crippen LogP contribution in [0.5, 0.6) is 0 Å². The highest BCUT2D eigenvalue weighted by Gasteiger charge is 2.19. The van der Waals surface area contributed by atoms with E-state index in [4.69, 9.17) is 20.0 Å². The van der Waals surface area contributed by atoms with E-state index in [1.54, 1.807) is 24.3 Å². The summed E-state index contributed by atoms with van der Waals surface area (Å²) in [7, 11) is 0. The molecule has 2 rings (SSSR count). The lowest BCUT2D eigenvalue weighted by atomic mass is 10.2. The molecular weight excluding hydrogens is 312 g/mol. The van der Waals surface area contributed by atoms with Crippen LogP contribution in [0.1, 0.15) is 11.9 Å². The average Bonchev–Trinajstić information content (AvgIpc) is 2.93. The fraction of sp³-hybridized carbons (Fsp3) is 0.250. The van der Waals surface area contributed by atoms with Crippen LogP contribution in [0.2, 0.25) is 0 Å². The highest BCUT2D eigenvalue weighted by molar-refractivity contribution is 9.10. The highest BCUT2D eigenvalue weighted by atomic mass is 79.9. The van der Waals surface area contributed by atoms with E-state index in [0.717, 1.165) is 10.0 Å². The van der Waals surface area contributed by atoms with Crippen molar-refractivity contribution in [1.29, 1.82) is 10.5 Å². The topological polar surface area (TPSA) is 90.4 Å². The summed E-state index contributed by atoms with van der Waals surface area (Å²) in [5.41, 5.74) is 3.88. The van der Waals surface area contributed by atoms with Gasteiger partial charge >= 0.3 is 0 Å². The second-order valence-corrected chi connectivity index (χ2v) is 4.56. The highest BCUT2D eigenvalue weighted by Crippen LogP contribution is 2.28. The third-order valence-corrected chi connectivity index (χ3v) is 2.78. The molecule has 1 N–H and O–H groups in total. The van der Waals surface area contributed by atoms with Gasteiger partial charge in [0.25, 0.3) is 0 Å². The number of nitrogens with zero attached hydrogens (tertiary/aromatic N) is 3. The maximum Gasteiger partial charge on any atom is 0.237 e. The number of ether oxygens (including phenoxy) is 2. The third kappa shape index (κ3) is 3.52. The largest absolute Gasteiger partial charge is 0.346 e. The zero-order valence-electron chi connectivity index (χ0n) is 9.76. The summed E-state index contributed by atoms with van der Waals surface area (Å²) < 4.78 is 11.6. The Bertz CT molecular complexity index is 566. The van der Waals surface area contributed by atoms with Gasteiger partial charge in [-0.15, -0.1) is 0 Å². The van der Waals surface area contributed by atoms with Gasteiger partial charge in [0.2, 0.25) is 5.71 Å². The summed E-state index contributed by atoms with van der Waals surface area (Å²) in [5.74, 6) is 0. The molecule has 19 heavy (non-hydrogen) atoms. The molecule has 0 bridgehead atoms. The molecule has 1 heterocycles. The van der Waals surface area contributed by atoms with Crippen molar-refractivity contribution in [2.24, 2.45) is 5.10 Å². The lowest BCUT2D eigenvalue weighted by Crippen LogP contribution is -2.01. The van der Waals surface area contributed by atoms with Crippen molar-refractivity contribution in [2.45, 2.75) is 6.29 Å². The van der Waals surface area contributed by atoms with Crippen molar-refractivity contribution in [2.75, 3.05) is 18.6 Å². The summed E-state index contributed by atoms with van der Waals surface area (Å²) in [6, 6.07) is 8.78. The van der Waals surface area contributed by atoms with Gasteiger partial charge in [-0.1, -0.05) is 15.9 Å². The lowest BCUT2D eigenvalue weighted by molar-refractivity contribution is -0.0441. The van der Waals surface area contributed by atoms with Crippen LogP contribution in [0.15, 0.2) is 27.8 Å². The Kier molecular flexibility index (Phi) is 4.48. The first-order valence-electron chi connectivity index (χ1n) is 5.40. The molecule has 1 aliphatic heterocycles. The molecule has 0 unspecified atom stereocenters. The Hall–Kier alpha value is -1.93. The Morgan fingerprint density at radius 1 is 1.26 bits per heavy atom. The zero-order chi connectivity index (χ0) is 13.7. The minimum atomic E-state index is -0.395. The molecule has 96 valence electrons. The number of halogens is 1. The van der Waals surface area contributed by atoms with E-state index in [2.05, 4.69) is 26.5 Å². The monoisotopic (exact) mass is 320 g/mol. The van der Waals surface area contributed by atoms with Crippen molar-refractivity contribution in [1.82, 2.24) is 0 Å². The second-order valence-electron chi connectivity index (χ2n) is 3.64. The maximum atomic E-state index is 8.59. The standard InChI is InChI=1S/C12H9BrN4O2/c13-9-3-8(12-18-1-2-19-12)4-10(5-9)16-17-11(6-14)7-15/h3-5,12,16H,1-2H2. The van der Waals surface area contributed by atoms with Gasteiger partial charge in [0.15, 0.2) is 6.29 Å². The van der Waals surface area contributed by atoms with Crippen molar-refractivity contribution >= 4 is 27.3 Å². The average molecular weight is 321 g/mol. The van der Waals surface area contributed by atoms with Gasteiger partial charge in [-0.05, 0) is 18.2 Å². The molecule has 7 heteroatoms. The summed E-state index contributed by atoms with van der Waals surface area (Å²) in [5, 5.41) is 20.9. The van der Waals surface area contributed by atoms with Gasteiger partial charge < -0.3 is 9.47 Å². The van der Waals surface area contributed by atoms with E-state index >= 15 is 0 Å². The van der Waals surface area contributed by atoms with Crippen LogP contribution in [0.4, 0.5) is 5.69 Å². The molecular formula is C12H9BrN4O2. The summed E-state index contributed by atoms with van der Waals surface area (Å²) >= 11 is 3.37. The number of rotatable bonds is 3. The van der Waals surface area contributed by atoms with Gasteiger partial charge in [-0.3, -0.25) is 5.43 Å². The Morgan fingerprint density at radius 3 is 2.58 bits per heavy atom. The Labute approximate surface area is 118 Å². The minimum absolute atomic E-state index is 0.241. The predicted molar refractivity (Wildman–Crippen MR) is 71.1 cm³/mol. The summed E-state index contributed by atoms with van der Waals surface area (Å²) in [6.45, 7) is 1.12. The molecule has 1 fully saturated rings. The number of nitrogens with one attached hydrogen (secondary N) is 1. The molecule has 0 amide bonds. The first-order valence-corrected chi connectivity index (χ1v) is 6.20. The van der Waals surface area contributed by atoms with Crippen molar-refractivity contribution < 1.29 is 9.47 Å². The van der Waals surface area contributed by atoms with Gasteiger partial charge in [-0.25, -0.2) is 0 Å². The quantitative estimate of drug-likeness (QED) is 0.681. The van der Waals surface area contributed by atoms with Crippen molar-refractivity contribution in [3.8, 4) is 12.1 Å². The van der Waals surface area contributed by atoms with Gasteiger partial charge in [0.1, 0.15) is 12.1 Å². The van der Waals surface area contributed by atoms with E-state index in [9.17, 15) is 0 Å². The fourth-order valence-corrected chi connectivity index (χ4v) is 2.07. The van der Waals surface area contributed by atoms with E-state index in [1.165, 1.54) is 0 Å².